The number of unbranched alkanes of at least 4 members (excludes halogenated alkanes) is 20. The Balaban J connectivity index is 1.08. The molecule has 434 valence electrons. The average molecular weight is 1230 g/mol. The number of hydrogen-bond acceptors (Lipinski definition) is 2. The van der Waals surface area contributed by atoms with Crippen LogP contribution in [0.1, 0.15) is 240 Å². The minimum atomic E-state index is -0.0341. The van der Waals surface area contributed by atoms with Crippen molar-refractivity contribution in [1.82, 2.24) is 19.9 Å². The maximum absolute atomic E-state index is 5.54. The Morgan fingerprint density at radius 3 is 1.29 bits per heavy atom. The van der Waals surface area contributed by atoms with Gasteiger partial charge in [-0.05, 0) is 181 Å². The number of benzene rings is 4. The van der Waals surface area contributed by atoms with Crippen LogP contribution >= 0.6 is 31.9 Å². The molecule has 0 saturated heterocycles. The van der Waals surface area contributed by atoms with Crippen LogP contribution in [-0.2, 0) is 18.3 Å². The van der Waals surface area contributed by atoms with Crippen LogP contribution in [0.4, 0.5) is 0 Å². The van der Waals surface area contributed by atoms with Gasteiger partial charge in [0.1, 0.15) is 0 Å². The Morgan fingerprint density at radius 1 is 0.349 bits per heavy atom. The van der Waals surface area contributed by atoms with E-state index in [1.54, 1.807) is 0 Å². The summed E-state index contributed by atoms with van der Waals surface area (Å²) in [5.74, 6) is 0. The molecule has 10 rings (SSSR count). The van der Waals surface area contributed by atoms with Crippen LogP contribution < -0.4 is 0 Å². The Bertz CT molecular complexity index is 3520. The van der Waals surface area contributed by atoms with E-state index < -0.39 is 0 Å². The van der Waals surface area contributed by atoms with Crippen LogP contribution in [0.3, 0.4) is 0 Å². The highest BCUT2D eigenvalue weighted by Crippen LogP contribution is 2.55. The summed E-state index contributed by atoms with van der Waals surface area (Å²) < 4.78 is 1.87. The molecule has 2 aliphatic heterocycles. The van der Waals surface area contributed by atoms with Crippen molar-refractivity contribution in [2.45, 2.75) is 213 Å². The summed E-state index contributed by atoms with van der Waals surface area (Å²) in [5, 5.41) is 0. The second-order valence-electron chi connectivity index (χ2n) is 24.4. The zero-order valence-electron chi connectivity index (χ0n) is 50.7. The number of aromatic nitrogens is 4. The van der Waals surface area contributed by atoms with Gasteiger partial charge in [0.25, 0.3) is 0 Å². The van der Waals surface area contributed by atoms with Gasteiger partial charge < -0.3 is 9.97 Å². The van der Waals surface area contributed by atoms with Gasteiger partial charge in [-0.3, -0.25) is 0 Å². The molecule has 0 fully saturated rings. The molecule has 0 radical (unpaired) electrons. The van der Waals surface area contributed by atoms with Gasteiger partial charge in [0, 0.05) is 27.6 Å². The number of halogens is 2. The van der Waals surface area contributed by atoms with E-state index in [0.29, 0.717) is 0 Å². The van der Waals surface area contributed by atoms with E-state index in [1.165, 1.54) is 223 Å². The Hall–Kier alpha value is -5.56. The highest BCUT2D eigenvalue weighted by Gasteiger charge is 2.42. The number of aromatic amines is 2. The normalized spacial score (nSPS) is 13.1. The van der Waals surface area contributed by atoms with Crippen molar-refractivity contribution in [2.24, 2.45) is 0 Å². The lowest BCUT2D eigenvalue weighted by Gasteiger charge is -2.33. The van der Waals surface area contributed by atoms with Crippen molar-refractivity contribution in [2.75, 3.05) is 0 Å². The smallest absolute Gasteiger partial charge is 0.0801 e. The summed E-state index contributed by atoms with van der Waals surface area (Å²) in [6.07, 6.45) is 44.3. The molecule has 5 heterocycles. The maximum Gasteiger partial charge on any atom is 0.0801 e. The second kappa shape index (κ2) is 30.0. The number of nitrogens with one attached hydrogen (secondary N) is 2. The molecule has 4 nitrogen and oxygen atoms in total. The monoisotopic (exact) mass is 1230 g/mol. The predicted octanol–water partition coefficient (Wildman–Crippen LogP) is 24.8. The lowest BCUT2D eigenvalue weighted by molar-refractivity contribution is 0.398. The first kappa shape index (κ1) is 60.6. The van der Waals surface area contributed by atoms with E-state index in [2.05, 4.69) is 203 Å². The first-order valence-electron chi connectivity index (χ1n) is 32.8. The Labute approximate surface area is 515 Å². The van der Waals surface area contributed by atoms with Crippen LogP contribution in [0.15, 0.2) is 118 Å². The standard InChI is InChI=1S/C77H92Br2N4/c1-5-9-13-17-21-25-33-55-34-27-28-36-59(55)60-41-39-57(53-56(60)35-26-22-18-14-10-6-2)73-65-43-47-69(80-65)75(78)71-49-45-67(82-71)74(68-46-50-72(83-68)76(79)70-48-44-66(73)81-70)58-40-42-62-61-37-29-30-38-63(61)77(64(62)54-58,51-31-23-19-15-11-7-3)52-32-24-20-16-12-8-4/h27-30,34,36-50,53-54,80,83H,5-26,31-33,35,51-52H2,1-4H3. The van der Waals surface area contributed by atoms with Crippen molar-refractivity contribution in [1.29, 1.82) is 0 Å². The summed E-state index contributed by atoms with van der Waals surface area (Å²) >= 11 is 8.25. The molecular weight excluding hydrogens is 1140 g/mol. The zero-order chi connectivity index (χ0) is 57.4. The number of hydrogen-bond donors (Lipinski definition) is 2. The van der Waals surface area contributed by atoms with E-state index in [4.69, 9.17) is 9.97 Å². The van der Waals surface area contributed by atoms with Crippen molar-refractivity contribution in [3.05, 3.63) is 163 Å². The van der Waals surface area contributed by atoms with Gasteiger partial charge in [0.2, 0.25) is 0 Å². The molecular formula is C77H92Br2N4. The van der Waals surface area contributed by atoms with Gasteiger partial charge in [0.15, 0.2) is 0 Å². The second-order valence-corrected chi connectivity index (χ2v) is 26.0. The minimum absolute atomic E-state index is 0.0341. The Morgan fingerprint density at radius 2 is 0.747 bits per heavy atom. The molecule has 83 heavy (non-hydrogen) atoms. The largest absolute Gasteiger partial charge is 0.354 e. The molecule has 0 spiro atoms. The lowest BCUT2D eigenvalue weighted by atomic mass is 9.70. The minimum Gasteiger partial charge on any atom is -0.354 e. The average Bonchev–Trinajstić information content (AvgIpc) is 4.56. The van der Waals surface area contributed by atoms with Gasteiger partial charge in [-0.25, -0.2) is 9.97 Å². The molecule has 3 aromatic heterocycles. The van der Waals surface area contributed by atoms with Crippen molar-refractivity contribution in [3.8, 4) is 44.5 Å². The molecule has 1 aliphatic carbocycles. The molecule has 6 heteroatoms. The summed E-state index contributed by atoms with van der Waals surface area (Å²) in [6.45, 7) is 9.25. The van der Waals surface area contributed by atoms with E-state index in [0.717, 1.165) is 77.8 Å². The van der Waals surface area contributed by atoms with Gasteiger partial charge in [-0.1, -0.05) is 248 Å². The molecule has 2 N–H and O–H groups in total. The first-order chi connectivity index (χ1) is 40.8. The van der Waals surface area contributed by atoms with Gasteiger partial charge in [-0.15, -0.1) is 0 Å². The van der Waals surface area contributed by atoms with Crippen LogP contribution in [0.5, 0.6) is 0 Å². The molecule has 8 bridgehead atoms. The maximum atomic E-state index is 5.54. The van der Waals surface area contributed by atoms with E-state index in [-0.39, 0.29) is 5.41 Å². The van der Waals surface area contributed by atoms with Gasteiger partial charge >= 0.3 is 0 Å². The predicted molar refractivity (Wildman–Crippen MR) is 367 cm³/mol. The fraction of sp³-hybridized carbons (Fsp3) is 0.429. The third kappa shape index (κ3) is 14.2. The van der Waals surface area contributed by atoms with E-state index in [9.17, 15) is 0 Å². The summed E-state index contributed by atoms with van der Waals surface area (Å²) in [4.78, 5) is 18.9. The number of fused-ring (bicyclic) bond motifs is 11. The Kier molecular flexibility index (Phi) is 21.9. The third-order valence-electron chi connectivity index (χ3n) is 18.4. The lowest BCUT2D eigenvalue weighted by Crippen LogP contribution is -2.25. The van der Waals surface area contributed by atoms with Crippen molar-refractivity contribution < 1.29 is 0 Å². The molecule has 4 aromatic carbocycles. The number of aryl methyl sites for hydroxylation is 2. The zero-order valence-corrected chi connectivity index (χ0v) is 53.8. The number of H-pyrrole nitrogens is 2. The molecule has 7 aromatic rings. The fourth-order valence-corrected chi connectivity index (χ4v) is 14.7. The van der Waals surface area contributed by atoms with Crippen molar-refractivity contribution in [3.63, 3.8) is 0 Å². The topological polar surface area (TPSA) is 57.4 Å². The third-order valence-corrected chi connectivity index (χ3v) is 20.1. The highest BCUT2D eigenvalue weighted by atomic mass is 79.9. The van der Waals surface area contributed by atoms with E-state index in [1.807, 2.05) is 0 Å². The van der Waals surface area contributed by atoms with Gasteiger partial charge in [-0.2, -0.15) is 0 Å². The van der Waals surface area contributed by atoms with Gasteiger partial charge in [0.05, 0.1) is 42.8 Å². The van der Waals surface area contributed by atoms with E-state index >= 15 is 0 Å². The van der Waals surface area contributed by atoms with Crippen LogP contribution in [0.25, 0.3) is 90.9 Å². The van der Waals surface area contributed by atoms with Crippen LogP contribution in [-0.4, -0.2) is 19.9 Å². The summed E-state index contributed by atoms with van der Waals surface area (Å²) in [5.41, 5.74) is 23.7. The molecule has 0 unspecified atom stereocenters. The quantitative estimate of drug-likeness (QED) is 0.0426. The molecule has 0 atom stereocenters. The number of nitrogens with zero attached hydrogens (tertiary/aromatic N) is 2. The fourth-order valence-electron chi connectivity index (χ4n) is 13.8. The highest BCUT2D eigenvalue weighted by molar-refractivity contribution is 9.11. The molecule has 0 amide bonds. The first-order valence-corrected chi connectivity index (χ1v) is 34.4. The molecule has 3 aliphatic rings. The summed E-state index contributed by atoms with van der Waals surface area (Å²) in [7, 11) is 0. The van der Waals surface area contributed by atoms with Crippen molar-refractivity contribution >= 4 is 78.2 Å². The SMILES string of the molecule is CCCCCCCCc1ccccc1-c1ccc(-c2c3nc(c(Br)c4ccc([nH]4)c(-c4ccc5c(c4)C(CCCCCCCC)(CCCCCCCC)c4ccccc4-5)c4nc(c(Br)c5ccc2[nH]5)C=C4)C=C3)cc1CCCCCCCC. The van der Waals surface area contributed by atoms with Crippen LogP contribution in [0, 0.1) is 0 Å². The molecule has 0 saturated carbocycles. The van der Waals surface area contributed by atoms with Crippen LogP contribution in [0.2, 0.25) is 0 Å². The number of rotatable bonds is 31. The summed E-state index contributed by atoms with van der Waals surface area (Å²) in [6, 6.07) is 42.1.